The van der Waals surface area contributed by atoms with Crippen LogP contribution in [0.5, 0.6) is 0 Å². The third-order valence-electron chi connectivity index (χ3n) is 3.18. The van der Waals surface area contributed by atoms with E-state index in [1.807, 2.05) is 0 Å². The maximum atomic E-state index is 2.40. The quantitative estimate of drug-likeness (QED) is 0.509. The van der Waals surface area contributed by atoms with Crippen LogP contribution in [0, 0.1) is 11.8 Å². The molecule has 1 saturated carbocycles. The molecule has 0 spiro atoms. The van der Waals surface area contributed by atoms with E-state index in [1.165, 1.54) is 6.54 Å². The van der Waals surface area contributed by atoms with Crippen molar-refractivity contribution in [2.24, 2.45) is 11.8 Å². The van der Waals surface area contributed by atoms with E-state index in [1.54, 1.807) is 5.69 Å². The van der Waals surface area contributed by atoms with Crippen LogP contribution in [0.4, 0.5) is 0 Å². The van der Waals surface area contributed by atoms with Gasteiger partial charge in [0.15, 0.2) is 0 Å². The molecule has 0 radical (unpaired) electrons. The van der Waals surface area contributed by atoms with E-state index in [2.05, 4.69) is 29.8 Å². The van der Waals surface area contributed by atoms with Gasteiger partial charge in [-0.25, -0.2) is 0 Å². The second-order valence-corrected chi connectivity index (χ2v) is 3.63. The fraction of sp³-hybridized carbons (Fsp3) is 0.556. The smallest absolute Gasteiger partial charge is 0.0259 e. The average Bonchev–Trinajstić information content (AvgIpc) is 2.27. The number of aromatic nitrogens is 1. The summed E-state index contributed by atoms with van der Waals surface area (Å²) < 4.78 is 2.40. The Bertz CT molecular complexity index is 274. The predicted molar refractivity (Wildman–Crippen MR) is 39.8 cm³/mol. The van der Waals surface area contributed by atoms with Crippen LogP contribution in [0.3, 0.4) is 0 Å². The van der Waals surface area contributed by atoms with Crippen LogP contribution in [0.1, 0.15) is 18.5 Å². The van der Waals surface area contributed by atoms with Crippen LogP contribution < -0.4 is 0 Å². The molecule has 10 heavy (non-hydrogen) atoms. The molecule has 1 aromatic rings. The molecule has 0 amide bonds. The molecule has 2 heterocycles. The van der Waals surface area contributed by atoms with Gasteiger partial charge in [-0.15, -0.1) is 0 Å². The van der Waals surface area contributed by atoms with E-state index < -0.39 is 0 Å². The van der Waals surface area contributed by atoms with Crippen molar-refractivity contribution in [3.05, 3.63) is 24.0 Å². The lowest BCUT2D eigenvalue weighted by Gasteiger charge is -2.01. The predicted octanol–water partition coefficient (Wildman–Crippen LogP) is 1.85. The van der Waals surface area contributed by atoms with E-state index in [-0.39, 0.29) is 0 Å². The molecule has 1 aliphatic heterocycles. The normalized spacial score (nSPS) is 41.1. The molecule has 2 unspecified atom stereocenters. The fourth-order valence-corrected chi connectivity index (χ4v) is 2.44. The van der Waals surface area contributed by atoms with Crippen LogP contribution in [0.2, 0.25) is 0 Å². The van der Waals surface area contributed by atoms with Crippen molar-refractivity contribution >= 4 is 0 Å². The number of hydrogen-bond acceptors (Lipinski definition) is 0. The molecule has 2 aliphatic rings. The van der Waals surface area contributed by atoms with Gasteiger partial charge in [0.25, 0.3) is 0 Å². The highest BCUT2D eigenvalue weighted by Crippen LogP contribution is 2.58. The van der Waals surface area contributed by atoms with Gasteiger partial charge in [-0.1, -0.05) is 6.92 Å². The van der Waals surface area contributed by atoms with Gasteiger partial charge in [0.1, 0.15) is 0 Å². The third-order valence-corrected chi connectivity index (χ3v) is 3.18. The fourth-order valence-electron chi connectivity index (χ4n) is 2.44. The highest BCUT2D eigenvalue weighted by molar-refractivity contribution is 5.27. The number of fused-ring (bicyclic) bond motifs is 3. The lowest BCUT2D eigenvalue weighted by molar-refractivity contribution is 0.611. The zero-order chi connectivity index (χ0) is 6.72. The first-order valence-corrected chi connectivity index (χ1v) is 4.03. The monoisotopic (exact) mass is 133 g/mol. The first-order valence-electron chi connectivity index (χ1n) is 4.03. The Morgan fingerprint density at radius 3 is 3.40 bits per heavy atom. The molecule has 1 aromatic heterocycles. The molecule has 1 nitrogen and oxygen atoms in total. The summed E-state index contributed by atoms with van der Waals surface area (Å²) in [7, 11) is 0. The minimum absolute atomic E-state index is 0.926. The van der Waals surface area contributed by atoms with Crippen LogP contribution >= 0.6 is 0 Å². The zero-order valence-electron chi connectivity index (χ0n) is 6.12. The van der Waals surface area contributed by atoms with Gasteiger partial charge in [-0.3, -0.25) is 0 Å². The molecule has 1 aliphatic carbocycles. The summed E-state index contributed by atoms with van der Waals surface area (Å²) in [5, 5.41) is 0. The maximum absolute atomic E-state index is 2.40. The Morgan fingerprint density at radius 1 is 1.60 bits per heavy atom. The molecule has 0 bridgehead atoms. The number of nitrogens with zero attached hydrogens (tertiary/aromatic N) is 1. The number of rotatable bonds is 0. The first-order chi connectivity index (χ1) is 4.88. The Labute approximate surface area is 60.7 Å². The first kappa shape index (κ1) is 5.00. The van der Waals surface area contributed by atoms with Crippen molar-refractivity contribution in [3.8, 4) is 0 Å². The van der Waals surface area contributed by atoms with Gasteiger partial charge in [0.05, 0.1) is 0 Å². The van der Waals surface area contributed by atoms with E-state index in [0.717, 1.165) is 17.8 Å². The molecule has 0 aromatic carbocycles. The van der Waals surface area contributed by atoms with Crippen LogP contribution in [-0.2, 0) is 6.54 Å². The van der Waals surface area contributed by atoms with Gasteiger partial charge >= 0.3 is 0 Å². The van der Waals surface area contributed by atoms with Crippen LogP contribution in [0.25, 0.3) is 0 Å². The second kappa shape index (κ2) is 1.31. The molecular formula is C9H11N. The highest BCUT2D eigenvalue weighted by Gasteiger charge is 2.52. The Hall–Kier alpha value is -0.720. The summed E-state index contributed by atoms with van der Waals surface area (Å²) in [5.74, 6) is 2.90. The molecular weight excluding hydrogens is 122 g/mol. The van der Waals surface area contributed by atoms with Crippen molar-refractivity contribution in [2.75, 3.05) is 0 Å². The Morgan fingerprint density at radius 2 is 2.50 bits per heavy atom. The maximum Gasteiger partial charge on any atom is 0.0259 e. The third kappa shape index (κ3) is 0.386. The SMILES string of the molecule is C[C@H]1C2Cn3cccc3C21. The molecule has 0 saturated heterocycles. The summed E-state index contributed by atoms with van der Waals surface area (Å²) in [6, 6.07) is 4.44. The zero-order valence-corrected chi connectivity index (χ0v) is 6.12. The van der Waals surface area contributed by atoms with E-state index in [9.17, 15) is 0 Å². The molecule has 0 N–H and O–H groups in total. The molecule has 1 fully saturated rings. The molecule has 3 atom stereocenters. The van der Waals surface area contributed by atoms with Crippen molar-refractivity contribution in [3.63, 3.8) is 0 Å². The van der Waals surface area contributed by atoms with Crippen LogP contribution in [-0.4, -0.2) is 4.57 Å². The van der Waals surface area contributed by atoms with Gasteiger partial charge in [0, 0.05) is 24.4 Å². The second-order valence-electron chi connectivity index (χ2n) is 3.63. The summed E-state index contributed by atoms with van der Waals surface area (Å²) in [4.78, 5) is 0. The summed E-state index contributed by atoms with van der Waals surface area (Å²) in [6.45, 7) is 3.65. The Kier molecular flexibility index (Phi) is 0.657. The minimum Gasteiger partial charge on any atom is -0.351 e. The lowest BCUT2D eigenvalue weighted by Crippen LogP contribution is -1.97. The van der Waals surface area contributed by atoms with E-state index in [4.69, 9.17) is 0 Å². The molecule has 52 valence electrons. The van der Waals surface area contributed by atoms with E-state index in [0.29, 0.717) is 0 Å². The van der Waals surface area contributed by atoms with Crippen molar-refractivity contribution in [1.82, 2.24) is 4.57 Å². The summed E-state index contributed by atoms with van der Waals surface area (Å²) in [6.07, 6.45) is 2.20. The van der Waals surface area contributed by atoms with Gasteiger partial charge in [-0.05, 0) is 24.0 Å². The van der Waals surface area contributed by atoms with E-state index >= 15 is 0 Å². The molecule has 3 rings (SSSR count). The number of hydrogen-bond donors (Lipinski definition) is 0. The molecule has 1 heteroatoms. The highest BCUT2D eigenvalue weighted by atomic mass is 15.0. The van der Waals surface area contributed by atoms with Crippen molar-refractivity contribution < 1.29 is 0 Å². The Balaban J connectivity index is 2.14. The summed E-state index contributed by atoms with van der Waals surface area (Å²) in [5.41, 5.74) is 1.58. The van der Waals surface area contributed by atoms with Gasteiger partial charge < -0.3 is 4.57 Å². The minimum atomic E-state index is 0.926. The van der Waals surface area contributed by atoms with Gasteiger partial charge in [-0.2, -0.15) is 0 Å². The van der Waals surface area contributed by atoms with Crippen molar-refractivity contribution in [1.29, 1.82) is 0 Å². The lowest BCUT2D eigenvalue weighted by atomic mass is 10.2. The van der Waals surface area contributed by atoms with Gasteiger partial charge in [0.2, 0.25) is 0 Å². The topological polar surface area (TPSA) is 4.93 Å². The standard InChI is InChI=1S/C9H11N/c1-6-7-5-10-4-2-3-8(10)9(6)7/h2-4,6-7,9H,5H2,1H3/t6-,7?,9?/m0/s1. The average molecular weight is 133 g/mol. The summed E-state index contributed by atoms with van der Waals surface area (Å²) >= 11 is 0. The van der Waals surface area contributed by atoms with Crippen molar-refractivity contribution in [2.45, 2.75) is 19.4 Å². The van der Waals surface area contributed by atoms with Crippen LogP contribution in [0.15, 0.2) is 18.3 Å². The largest absolute Gasteiger partial charge is 0.351 e.